The second kappa shape index (κ2) is 10.1. The third-order valence-corrected chi connectivity index (χ3v) is 7.05. The molecule has 0 fully saturated rings. The molecule has 0 radical (unpaired) electrons. The lowest BCUT2D eigenvalue weighted by Crippen LogP contribution is -2.40. The summed E-state index contributed by atoms with van der Waals surface area (Å²) in [4.78, 5) is 14.6. The Morgan fingerprint density at radius 3 is 2.24 bits per heavy atom. The van der Waals surface area contributed by atoms with E-state index < -0.39 is 10.0 Å². The van der Waals surface area contributed by atoms with Crippen molar-refractivity contribution in [3.8, 4) is 0 Å². The van der Waals surface area contributed by atoms with E-state index in [4.69, 9.17) is 11.6 Å². The molecule has 0 saturated carbocycles. The molecule has 8 heteroatoms. The Labute approximate surface area is 178 Å². The molecular formula is C21H28ClN3O3S. The van der Waals surface area contributed by atoms with Gasteiger partial charge in [0.1, 0.15) is 4.90 Å². The largest absolute Gasteiger partial charge is 0.376 e. The Balaban J connectivity index is 2.22. The topological polar surface area (TPSA) is 69.7 Å². The maximum absolute atomic E-state index is 12.8. The van der Waals surface area contributed by atoms with Crippen molar-refractivity contribution in [2.45, 2.75) is 38.6 Å². The summed E-state index contributed by atoms with van der Waals surface area (Å²) in [6, 6.07) is 14.1. The number of sulfonamides is 1. The molecule has 29 heavy (non-hydrogen) atoms. The molecule has 1 N–H and O–H groups in total. The fourth-order valence-electron chi connectivity index (χ4n) is 3.10. The molecule has 0 aromatic heterocycles. The summed E-state index contributed by atoms with van der Waals surface area (Å²) in [5.74, 6) is -0.116. The molecule has 2 aromatic rings. The van der Waals surface area contributed by atoms with Gasteiger partial charge in [-0.05, 0) is 44.2 Å². The van der Waals surface area contributed by atoms with E-state index in [1.54, 1.807) is 24.8 Å². The number of rotatable bonds is 9. The molecule has 0 aliphatic heterocycles. The molecule has 0 atom stereocenters. The first-order valence-electron chi connectivity index (χ1n) is 9.63. The van der Waals surface area contributed by atoms with Crippen molar-refractivity contribution in [3.63, 3.8) is 0 Å². The summed E-state index contributed by atoms with van der Waals surface area (Å²) in [6.07, 6.45) is 0. The Morgan fingerprint density at radius 1 is 1.07 bits per heavy atom. The summed E-state index contributed by atoms with van der Waals surface area (Å²) in [5.41, 5.74) is 1.33. The van der Waals surface area contributed by atoms with Crippen LogP contribution in [0.2, 0.25) is 5.02 Å². The maximum atomic E-state index is 12.8. The summed E-state index contributed by atoms with van der Waals surface area (Å²) in [6.45, 7) is 8.18. The fraction of sp³-hybridized carbons (Fsp3) is 0.381. The Bertz CT molecular complexity index is 929. The van der Waals surface area contributed by atoms with Crippen LogP contribution in [0.4, 0.5) is 11.4 Å². The van der Waals surface area contributed by atoms with Crippen molar-refractivity contribution in [1.82, 2.24) is 4.31 Å². The van der Waals surface area contributed by atoms with Gasteiger partial charge in [0.15, 0.2) is 0 Å². The molecule has 0 heterocycles. The molecule has 0 aliphatic rings. The first-order valence-corrected chi connectivity index (χ1v) is 11.4. The van der Waals surface area contributed by atoms with E-state index in [-0.39, 0.29) is 28.4 Å². The number of carbonyl (C=O) groups excluding carboxylic acids is 1. The molecule has 0 saturated heterocycles. The standard InChI is InChI=1S/C21H28ClN3O3S/c1-5-24(6-2)29(27,28)20-14-17(12-13-19(20)22)23-15-21(26)25(16(3)4)18-10-8-7-9-11-18/h7-14,16,23H,5-6,15H2,1-4H3. The van der Waals surface area contributed by atoms with E-state index in [1.165, 1.54) is 16.4 Å². The average molecular weight is 438 g/mol. The zero-order valence-corrected chi connectivity index (χ0v) is 18.8. The van der Waals surface area contributed by atoms with Crippen LogP contribution >= 0.6 is 11.6 Å². The van der Waals surface area contributed by atoms with E-state index in [2.05, 4.69) is 5.32 Å². The molecule has 0 spiro atoms. The summed E-state index contributed by atoms with van der Waals surface area (Å²) >= 11 is 6.16. The van der Waals surface area contributed by atoms with E-state index in [1.807, 2.05) is 44.2 Å². The van der Waals surface area contributed by atoms with Crippen LogP contribution in [0.15, 0.2) is 53.4 Å². The van der Waals surface area contributed by atoms with Gasteiger partial charge in [0, 0.05) is 30.5 Å². The van der Waals surface area contributed by atoms with Crippen LogP contribution in [0.1, 0.15) is 27.7 Å². The number of nitrogens with one attached hydrogen (secondary N) is 1. The van der Waals surface area contributed by atoms with Gasteiger partial charge in [0.25, 0.3) is 0 Å². The number of hydrogen-bond donors (Lipinski definition) is 1. The van der Waals surface area contributed by atoms with E-state index >= 15 is 0 Å². The lowest BCUT2D eigenvalue weighted by molar-refractivity contribution is -0.117. The van der Waals surface area contributed by atoms with E-state index in [0.717, 1.165) is 5.69 Å². The van der Waals surface area contributed by atoms with Crippen molar-refractivity contribution in [2.75, 3.05) is 29.9 Å². The van der Waals surface area contributed by atoms with Crippen LogP contribution in [0.5, 0.6) is 0 Å². The Kier molecular flexibility index (Phi) is 8.07. The van der Waals surface area contributed by atoms with Gasteiger partial charge in [-0.1, -0.05) is 43.6 Å². The van der Waals surface area contributed by atoms with Crippen molar-refractivity contribution < 1.29 is 13.2 Å². The van der Waals surface area contributed by atoms with Crippen molar-refractivity contribution in [3.05, 3.63) is 53.6 Å². The normalized spacial score (nSPS) is 11.7. The van der Waals surface area contributed by atoms with Crippen molar-refractivity contribution in [1.29, 1.82) is 0 Å². The zero-order valence-electron chi connectivity index (χ0n) is 17.2. The highest BCUT2D eigenvalue weighted by atomic mass is 35.5. The van der Waals surface area contributed by atoms with Gasteiger partial charge in [-0.3, -0.25) is 4.79 Å². The second-order valence-corrected chi connectivity index (χ2v) is 9.09. The lowest BCUT2D eigenvalue weighted by atomic mass is 10.2. The predicted octanol–water partition coefficient (Wildman–Crippen LogP) is 4.22. The highest BCUT2D eigenvalue weighted by molar-refractivity contribution is 7.89. The van der Waals surface area contributed by atoms with Gasteiger partial charge < -0.3 is 10.2 Å². The SMILES string of the molecule is CCN(CC)S(=O)(=O)c1cc(NCC(=O)N(c2ccccc2)C(C)C)ccc1Cl. The molecule has 2 aromatic carbocycles. The smallest absolute Gasteiger partial charge is 0.246 e. The van der Waals surface area contributed by atoms with E-state index in [0.29, 0.717) is 18.8 Å². The first-order chi connectivity index (χ1) is 13.7. The third-order valence-electron chi connectivity index (χ3n) is 4.52. The quantitative estimate of drug-likeness (QED) is 0.637. The van der Waals surface area contributed by atoms with Gasteiger partial charge in [-0.15, -0.1) is 0 Å². The van der Waals surface area contributed by atoms with Crippen molar-refractivity contribution >= 4 is 38.9 Å². The van der Waals surface area contributed by atoms with Gasteiger partial charge in [-0.2, -0.15) is 4.31 Å². The molecule has 0 bridgehead atoms. The molecular weight excluding hydrogens is 410 g/mol. The van der Waals surface area contributed by atoms with Crippen LogP contribution in [-0.4, -0.2) is 44.3 Å². The monoisotopic (exact) mass is 437 g/mol. The highest BCUT2D eigenvalue weighted by Crippen LogP contribution is 2.28. The summed E-state index contributed by atoms with van der Waals surface area (Å²) in [7, 11) is -3.70. The number of carbonyl (C=O) groups is 1. The fourth-order valence-corrected chi connectivity index (χ4v) is 5.05. The van der Waals surface area contributed by atoms with Gasteiger partial charge in [-0.25, -0.2) is 8.42 Å². The number of amides is 1. The molecule has 0 aliphatic carbocycles. The summed E-state index contributed by atoms with van der Waals surface area (Å²) in [5, 5.41) is 3.19. The Hall–Kier alpha value is -2.09. The minimum Gasteiger partial charge on any atom is -0.376 e. The molecule has 1 amide bonds. The van der Waals surface area contributed by atoms with E-state index in [9.17, 15) is 13.2 Å². The number of benzene rings is 2. The minimum atomic E-state index is -3.70. The first kappa shape index (κ1) is 23.2. The second-order valence-electron chi connectivity index (χ2n) is 6.78. The summed E-state index contributed by atoms with van der Waals surface area (Å²) < 4.78 is 27.0. The zero-order chi connectivity index (χ0) is 21.6. The lowest BCUT2D eigenvalue weighted by Gasteiger charge is -2.27. The number of halogens is 1. The van der Waals surface area contributed by atoms with Gasteiger partial charge in [0.2, 0.25) is 15.9 Å². The van der Waals surface area contributed by atoms with Crippen LogP contribution in [0, 0.1) is 0 Å². The maximum Gasteiger partial charge on any atom is 0.246 e. The van der Waals surface area contributed by atoms with Crippen molar-refractivity contribution in [2.24, 2.45) is 0 Å². The van der Waals surface area contributed by atoms with Crippen LogP contribution in [0.3, 0.4) is 0 Å². The minimum absolute atomic E-state index is 0.0180. The highest BCUT2D eigenvalue weighted by Gasteiger charge is 2.25. The molecule has 6 nitrogen and oxygen atoms in total. The number of anilines is 2. The molecule has 0 unspecified atom stereocenters. The van der Waals surface area contributed by atoms with Gasteiger partial charge in [0.05, 0.1) is 11.6 Å². The van der Waals surface area contributed by atoms with Crippen LogP contribution in [0.25, 0.3) is 0 Å². The number of nitrogens with zero attached hydrogens (tertiary/aromatic N) is 2. The number of para-hydroxylation sites is 1. The third kappa shape index (κ3) is 5.50. The molecule has 158 valence electrons. The van der Waals surface area contributed by atoms with Crippen LogP contribution in [-0.2, 0) is 14.8 Å². The predicted molar refractivity (Wildman–Crippen MR) is 119 cm³/mol. The van der Waals surface area contributed by atoms with Gasteiger partial charge >= 0.3 is 0 Å². The van der Waals surface area contributed by atoms with Crippen LogP contribution < -0.4 is 10.2 Å². The Morgan fingerprint density at radius 2 is 1.69 bits per heavy atom. The molecule has 2 rings (SSSR count). The number of hydrogen-bond acceptors (Lipinski definition) is 4. The average Bonchev–Trinajstić information content (AvgIpc) is 2.68.